The molecule has 150 valence electrons. The quantitative estimate of drug-likeness (QED) is 0.279. The van der Waals surface area contributed by atoms with Crippen LogP contribution in [-0.4, -0.2) is 28.3 Å². The predicted octanol–water partition coefficient (Wildman–Crippen LogP) is 5.18. The molecule has 0 spiro atoms. The average Bonchev–Trinajstić information content (AvgIpc) is 3.17. The Hall–Kier alpha value is -4.20. The number of nitrogens with zero attached hydrogens (tertiary/aromatic N) is 3. The van der Waals surface area contributed by atoms with E-state index in [1.807, 2.05) is 43.3 Å². The number of aromatic nitrogens is 1. The van der Waals surface area contributed by atoms with Gasteiger partial charge in [-0.25, -0.2) is 4.98 Å². The second kappa shape index (κ2) is 7.67. The molecule has 0 radical (unpaired) electrons. The summed E-state index contributed by atoms with van der Waals surface area (Å²) >= 11 is 0. The van der Waals surface area contributed by atoms with Gasteiger partial charge in [-0.2, -0.15) is 0 Å². The lowest BCUT2D eigenvalue weighted by molar-refractivity contribution is -0.385. The highest BCUT2D eigenvalue weighted by Crippen LogP contribution is 2.35. The SMILES string of the molecule is COc1cc([N+](=O)[O-])cc(C=Nc2cccc(-c3nc4ccccc4o3)c2C)c1O. The third-order valence-electron chi connectivity index (χ3n) is 4.69. The minimum atomic E-state index is -0.557. The molecule has 0 amide bonds. The molecule has 3 aromatic carbocycles. The molecule has 0 saturated carbocycles. The van der Waals surface area contributed by atoms with Crippen LogP contribution < -0.4 is 4.74 Å². The maximum Gasteiger partial charge on any atom is 0.274 e. The Morgan fingerprint density at radius 2 is 2.00 bits per heavy atom. The number of aliphatic imine (C=N–C) groups is 1. The van der Waals surface area contributed by atoms with Gasteiger partial charge in [0.25, 0.3) is 5.69 Å². The van der Waals surface area contributed by atoms with Crippen molar-refractivity contribution in [3.05, 3.63) is 75.8 Å². The van der Waals surface area contributed by atoms with Gasteiger partial charge in [0.05, 0.1) is 23.8 Å². The van der Waals surface area contributed by atoms with Crippen molar-refractivity contribution < 1.29 is 19.2 Å². The van der Waals surface area contributed by atoms with Crippen molar-refractivity contribution in [1.82, 2.24) is 4.98 Å². The summed E-state index contributed by atoms with van der Waals surface area (Å²) in [6.07, 6.45) is 1.36. The van der Waals surface area contributed by atoms with E-state index in [0.717, 1.165) is 22.7 Å². The second-order valence-electron chi connectivity index (χ2n) is 6.54. The molecule has 4 rings (SSSR count). The van der Waals surface area contributed by atoms with Gasteiger partial charge >= 0.3 is 0 Å². The van der Waals surface area contributed by atoms with Gasteiger partial charge in [-0.1, -0.05) is 18.2 Å². The Bertz CT molecular complexity index is 1260. The lowest BCUT2D eigenvalue weighted by Gasteiger charge is -2.07. The highest BCUT2D eigenvalue weighted by Gasteiger charge is 2.16. The normalized spacial score (nSPS) is 11.3. The Morgan fingerprint density at radius 1 is 1.20 bits per heavy atom. The van der Waals surface area contributed by atoms with Gasteiger partial charge in [0, 0.05) is 23.4 Å². The number of fused-ring (bicyclic) bond motifs is 1. The first kappa shape index (κ1) is 19.1. The summed E-state index contributed by atoms with van der Waals surface area (Å²) in [6.45, 7) is 1.88. The minimum Gasteiger partial charge on any atom is -0.504 e. The number of phenolic OH excluding ortho intramolecular Hbond substituents is 1. The number of nitro benzene ring substituents is 1. The molecule has 8 nitrogen and oxygen atoms in total. The van der Waals surface area contributed by atoms with Crippen LogP contribution in [0.5, 0.6) is 11.5 Å². The molecule has 1 N–H and O–H groups in total. The van der Waals surface area contributed by atoms with Gasteiger partial charge in [0.2, 0.25) is 5.89 Å². The number of ether oxygens (including phenoxy) is 1. The highest BCUT2D eigenvalue weighted by atomic mass is 16.6. The number of rotatable bonds is 5. The molecule has 0 unspecified atom stereocenters. The fourth-order valence-corrected chi connectivity index (χ4v) is 3.10. The molecule has 0 saturated heterocycles. The summed E-state index contributed by atoms with van der Waals surface area (Å²) in [5.74, 6) is 0.257. The Labute approximate surface area is 171 Å². The molecule has 0 aliphatic heterocycles. The number of oxazole rings is 1. The predicted molar refractivity (Wildman–Crippen MR) is 113 cm³/mol. The molecular formula is C22H17N3O5. The van der Waals surface area contributed by atoms with Crippen LogP contribution in [0.2, 0.25) is 0 Å². The van der Waals surface area contributed by atoms with Gasteiger partial charge in [0.1, 0.15) is 5.52 Å². The van der Waals surface area contributed by atoms with Crippen LogP contribution >= 0.6 is 0 Å². The first-order valence-electron chi connectivity index (χ1n) is 9.03. The van der Waals surface area contributed by atoms with E-state index in [1.54, 1.807) is 6.07 Å². The van der Waals surface area contributed by atoms with Crippen LogP contribution in [-0.2, 0) is 0 Å². The van der Waals surface area contributed by atoms with Crippen molar-refractivity contribution in [2.24, 2.45) is 4.99 Å². The van der Waals surface area contributed by atoms with Crippen LogP contribution in [0.15, 0.2) is 64.0 Å². The molecule has 1 aromatic heterocycles. The van der Waals surface area contributed by atoms with Crippen molar-refractivity contribution in [1.29, 1.82) is 0 Å². The molecule has 1 heterocycles. The second-order valence-corrected chi connectivity index (χ2v) is 6.54. The number of para-hydroxylation sites is 2. The molecule has 4 aromatic rings. The first-order valence-corrected chi connectivity index (χ1v) is 9.03. The Morgan fingerprint density at radius 3 is 2.73 bits per heavy atom. The van der Waals surface area contributed by atoms with E-state index in [2.05, 4.69) is 9.98 Å². The molecular weight excluding hydrogens is 386 g/mol. The van der Waals surface area contributed by atoms with Crippen LogP contribution in [0.1, 0.15) is 11.1 Å². The minimum absolute atomic E-state index is 0.00241. The van der Waals surface area contributed by atoms with E-state index in [0.29, 0.717) is 17.2 Å². The van der Waals surface area contributed by atoms with E-state index in [1.165, 1.54) is 19.4 Å². The number of aromatic hydroxyl groups is 1. The molecule has 0 bridgehead atoms. The fourth-order valence-electron chi connectivity index (χ4n) is 3.10. The van der Waals surface area contributed by atoms with Crippen LogP contribution in [0, 0.1) is 17.0 Å². The van der Waals surface area contributed by atoms with Gasteiger partial charge in [-0.15, -0.1) is 0 Å². The van der Waals surface area contributed by atoms with E-state index in [-0.39, 0.29) is 22.7 Å². The maximum atomic E-state index is 11.1. The molecule has 0 atom stereocenters. The van der Waals surface area contributed by atoms with Crippen molar-refractivity contribution >= 4 is 28.7 Å². The summed E-state index contributed by atoms with van der Waals surface area (Å²) < 4.78 is 10.9. The fraction of sp³-hybridized carbons (Fsp3) is 0.0909. The third-order valence-corrected chi connectivity index (χ3v) is 4.69. The largest absolute Gasteiger partial charge is 0.504 e. The van der Waals surface area contributed by atoms with Crippen LogP contribution in [0.25, 0.3) is 22.6 Å². The number of hydrogen-bond acceptors (Lipinski definition) is 7. The zero-order valence-corrected chi connectivity index (χ0v) is 16.2. The number of non-ortho nitro benzene ring substituents is 1. The topological polar surface area (TPSA) is 111 Å². The number of hydrogen-bond donors (Lipinski definition) is 1. The lowest BCUT2D eigenvalue weighted by Crippen LogP contribution is -1.94. The number of methoxy groups -OCH3 is 1. The van der Waals surface area contributed by atoms with Crippen molar-refractivity contribution in [3.8, 4) is 23.0 Å². The number of nitro groups is 1. The van der Waals surface area contributed by atoms with Crippen molar-refractivity contribution in [3.63, 3.8) is 0 Å². The molecule has 0 aliphatic rings. The Balaban J connectivity index is 1.74. The van der Waals surface area contributed by atoms with E-state index < -0.39 is 4.92 Å². The Kier molecular flexibility index (Phi) is 4.89. The summed E-state index contributed by atoms with van der Waals surface area (Å²) in [5, 5.41) is 21.4. The van der Waals surface area contributed by atoms with E-state index in [4.69, 9.17) is 9.15 Å². The monoisotopic (exact) mass is 403 g/mol. The summed E-state index contributed by atoms with van der Waals surface area (Å²) in [5.41, 5.74) is 3.62. The number of benzene rings is 3. The van der Waals surface area contributed by atoms with Gasteiger partial charge in [-0.05, 0) is 36.8 Å². The highest BCUT2D eigenvalue weighted by molar-refractivity contribution is 5.88. The standard InChI is InChI=1S/C22H17N3O5/c1-13-16(22-24-18-7-3-4-9-19(18)30-22)6-5-8-17(13)23-12-14-10-15(25(27)28)11-20(29-2)21(14)26/h3-12,26H,1-2H3. The maximum absolute atomic E-state index is 11.1. The van der Waals surface area contributed by atoms with Gasteiger partial charge < -0.3 is 14.3 Å². The molecule has 0 aliphatic carbocycles. The van der Waals surface area contributed by atoms with Crippen LogP contribution in [0.3, 0.4) is 0 Å². The first-order chi connectivity index (χ1) is 14.5. The average molecular weight is 403 g/mol. The van der Waals surface area contributed by atoms with E-state index in [9.17, 15) is 15.2 Å². The molecule has 30 heavy (non-hydrogen) atoms. The van der Waals surface area contributed by atoms with Crippen molar-refractivity contribution in [2.45, 2.75) is 6.92 Å². The lowest BCUT2D eigenvalue weighted by atomic mass is 10.1. The summed E-state index contributed by atoms with van der Waals surface area (Å²) in [7, 11) is 1.33. The smallest absolute Gasteiger partial charge is 0.274 e. The number of phenols is 1. The van der Waals surface area contributed by atoms with E-state index >= 15 is 0 Å². The zero-order chi connectivity index (χ0) is 21.3. The summed E-state index contributed by atoms with van der Waals surface area (Å²) in [4.78, 5) is 19.5. The van der Waals surface area contributed by atoms with Gasteiger partial charge in [0.15, 0.2) is 17.1 Å². The van der Waals surface area contributed by atoms with Crippen molar-refractivity contribution in [2.75, 3.05) is 7.11 Å². The molecule has 8 heteroatoms. The third kappa shape index (κ3) is 3.46. The van der Waals surface area contributed by atoms with Gasteiger partial charge in [-0.3, -0.25) is 15.1 Å². The zero-order valence-electron chi connectivity index (χ0n) is 16.2. The molecule has 0 fully saturated rings. The summed E-state index contributed by atoms with van der Waals surface area (Å²) in [6, 6.07) is 15.4. The van der Waals surface area contributed by atoms with Crippen LogP contribution in [0.4, 0.5) is 11.4 Å².